The van der Waals surface area contributed by atoms with E-state index in [2.05, 4.69) is 27.7 Å². The van der Waals surface area contributed by atoms with Gasteiger partial charge in [-0.15, -0.1) is 0 Å². The van der Waals surface area contributed by atoms with Crippen LogP contribution >= 0.6 is 0 Å². The highest BCUT2D eigenvalue weighted by Crippen LogP contribution is 2.42. The van der Waals surface area contributed by atoms with Crippen molar-refractivity contribution >= 4 is 0 Å². The summed E-state index contributed by atoms with van der Waals surface area (Å²) >= 11 is 0. The fraction of sp³-hybridized carbons (Fsp3) is 1.00. The van der Waals surface area contributed by atoms with E-state index in [1.807, 2.05) is 0 Å². The van der Waals surface area contributed by atoms with Crippen molar-refractivity contribution in [2.75, 3.05) is 0 Å². The molecule has 0 N–H and O–H groups in total. The molecule has 0 heterocycles. The summed E-state index contributed by atoms with van der Waals surface area (Å²) in [5.74, 6) is 3.97. The van der Waals surface area contributed by atoms with Crippen LogP contribution in [-0.2, 0) is 0 Å². The van der Waals surface area contributed by atoms with Crippen molar-refractivity contribution in [1.82, 2.24) is 0 Å². The van der Waals surface area contributed by atoms with Crippen LogP contribution in [0.1, 0.15) is 53.4 Å². The lowest BCUT2D eigenvalue weighted by atomic mass is 9.82. The summed E-state index contributed by atoms with van der Waals surface area (Å²) in [6.07, 6.45) is 5.84. The Labute approximate surface area is 77.7 Å². The van der Waals surface area contributed by atoms with Gasteiger partial charge in [0.2, 0.25) is 0 Å². The predicted octanol–water partition coefficient (Wildman–Crippen LogP) is 4.10. The van der Waals surface area contributed by atoms with E-state index < -0.39 is 0 Å². The maximum absolute atomic E-state index is 2.47. The molecule has 0 radical (unpaired) electrons. The summed E-state index contributed by atoms with van der Waals surface area (Å²) < 4.78 is 0. The van der Waals surface area contributed by atoms with Crippen LogP contribution in [0.4, 0.5) is 0 Å². The second-order valence-electron chi connectivity index (χ2n) is 4.99. The summed E-state index contributed by atoms with van der Waals surface area (Å²) in [5, 5.41) is 0. The van der Waals surface area contributed by atoms with Crippen LogP contribution in [0.15, 0.2) is 0 Å². The smallest absolute Gasteiger partial charge is 0.0386 e. The first-order valence-corrected chi connectivity index (χ1v) is 5.65. The third-order valence-electron chi connectivity index (χ3n) is 3.41. The van der Waals surface area contributed by atoms with Crippen LogP contribution in [0.3, 0.4) is 0 Å². The van der Waals surface area contributed by atoms with E-state index >= 15 is 0 Å². The van der Waals surface area contributed by atoms with E-state index in [1.54, 1.807) is 0 Å². The first-order chi connectivity index (χ1) is 5.65. The van der Waals surface area contributed by atoms with Crippen LogP contribution < -0.4 is 0 Å². The minimum absolute atomic E-state index is 0.885. The minimum atomic E-state index is 0.885. The zero-order chi connectivity index (χ0) is 9.14. The average Bonchev–Trinajstić information content (AvgIpc) is 2.80. The molecule has 0 aliphatic heterocycles. The first kappa shape index (κ1) is 10.1. The lowest BCUT2D eigenvalue weighted by molar-refractivity contribution is 0.264. The quantitative estimate of drug-likeness (QED) is 0.579. The highest BCUT2D eigenvalue weighted by molar-refractivity contribution is 4.82. The van der Waals surface area contributed by atoms with E-state index in [4.69, 9.17) is 0 Å². The molecular formula is C12H24. The molecule has 2 atom stereocenters. The van der Waals surface area contributed by atoms with Gasteiger partial charge in [0.25, 0.3) is 0 Å². The molecular weight excluding hydrogens is 144 g/mol. The minimum Gasteiger partial charge on any atom is -0.0651 e. The number of hydrogen-bond donors (Lipinski definition) is 0. The van der Waals surface area contributed by atoms with Crippen LogP contribution in [0.5, 0.6) is 0 Å². The first-order valence-electron chi connectivity index (χ1n) is 5.65. The van der Waals surface area contributed by atoms with Crippen LogP contribution in [0.25, 0.3) is 0 Å². The van der Waals surface area contributed by atoms with E-state index in [1.165, 1.54) is 25.7 Å². The highest BCUT2D eigenvalue weighted by atomic mass is 14.4. The average molecular weight is 168 g/mol. The van der Waals surface area contributed by atoms with E-state index in [-0.39, 0.29) is 0 Å². The summed E-state index contributed by atoms with van der Waals surface area (Å²) in [6, 6.07) is 0. The Morgan fingerprint density at radius 3 is 2.08 bits per heavy atom. The molecule has 0 aromatic carbocycles. The maximum Gasteiger partial charge on any atom is -0.0386 e. The molecule has 0 nitrogen and oxygen atoms in total. The SMILES string of the molecule is CCC(CC(C)C)C(C)C1CC1. The summed E-state index contributed by atoms with van der Waals surface area (Å²) in [4.78, 5) is 0. The summed E-state index contributed by atoms with van der Waals surface area (Å²) in [6.45, 7) is 9.52. The fourth-order valence-corrected chi connectivity index (χ4v) is 2.37. The molecule has 1 rings (SSSR count). The molecule has 0 spiro atoms. The third kappa shape index (κ3) is 2.80. The van der Waals surface area contributed by atoms with E-state index in [0.717, 1.165) is 23.7 Å². The van der Waals surface area contributed by atoms with Crippen molar-refractivity contribution in [3.8, 4) is 0 Å². The second-order valence-corrected chi connectivity index (χ2v) is 4.99. The standard InChI is InChI=1S/C12H24/c1-5-11(8-9(2)3)10(4)12-6-7-12/h9-12H,5-8H2,1-4H3. The predicted molar refractivity (Wildman–Crippen MR) is 55.1 cm³/mol. The monoisotopic (exact) mass is 168 g/mol. The molecule has 0 amide bonds. The fourth-order valence-electron chi connectivity index (χ4n) is 2.37. The zero-order valence-electron chi connectivity index (χ0n) is 9.14. The van der Waals surface area contributed by atoms with Crippen LogP contribution in [0.2, 0.25) is 0 Å². The number of hydrogen-bond acceptors (Lipinski definition) is 0. The van der Waals surface area contributed by atoms with Crippen molar-refractivity contribution in [2.24, 2.45) is 23.7 Å². The van der Waals surface area contributed by atoms with E-state index in [9.17, 15) is 0 Å². The van der Waals surface area contributed by atoms with Gasteiger partial charge < -0.3 is 0 Å². The Balaban J connectivity index is 2.31. The molecule has 0 aromatic rings. The Morgan fingerprint density at radius 2 is 1.75 bits per heavy atom. The Kier molecular flexibility index (Phi) is 3.61. The van der Waals surface area contributed by atoms with Gasteiger partial charge in [-0.1, -0.05) is 34.1 Å². The Bertz CT molecular complexity index is 122. The molecule has 0 saturated heterocycles. The van der Waals surface area contributed by atoms with Gasteiger partial charge in [-0.2, -0.15) is 0 Å². The molecule has 1 aliphatic rings. The van der Waals surface area contributed by atoms with Gasteiger partial charge in [0.05, 0.1) is 0 Å². The van der Waals surface area contributed by atoms with Gasteiger partial charge in [0, 0.05) is 0 Å². The second kappa shape index (κ2) is 4.30. The van der Waals surface area contributed by atoms with Crippen LogP contribution in [0, 0.1) is 23.7 Å². The topological polar surface area (TPSA) is 0 Å². The summed E-state index contributed by atoms with van der Waals surface area (Å²) in [5.41, 5.74) is 0. The molecule has 1 fully saturated rings. The molecule has 0 aromatic heterocycles. The maximum atomic E-state index is 2.47. The lowest BCUT2D eigenvalue weighted by Crippen LogP contribution is -2.15. The van der Waals surface area contributed by atoms with Crippen molar-refractivity contribution in [3.05, 3.63) is 0 Å². The van der Waals surface area contributed by atoms with E-state index in [0.29, 0.717) is 0 Å². The van der Waals surface area contributed by atoms with Crippen LogP contribution in [-0.4, -0.2) is 0 Å². The Morgan fingerprint density at radius 1 is 1.17 bits per heavy atom. The van der Waals surface area contributed by atoms with Crippen molar-refractivity contribution in [1.29, 1.82) is 0 Å². The van der Waals surface area contributed by atoms with Crippen molar-refractivity contribution < 1.29 is 0 Å². The van der Waals surface area contributed by atoms with Gasteiger partial charge in [-0.25, -0.2) is 0 Å². The van der Waals surface area contributed by atoms with Crippen molar-refractivity contribution in [3.63, 3.8) is 0 Å². The Hall–Kier alpha value is 0. The highest BCUT2D eigenvalue weighted by Gasteiger charge is 2.32. The molecule has 0 bridgehead atoms. The van der Waals surface area contributed by atoms with Gasteiger partial charge in [0.15, 0.2) is 0 Å². The van der Waals surface area contributed by atoms with Gasteiger partial charge in [0.1, 0.15) is 0 Å². The van der Waals surface area contributed by atoms with Crippen molar-refractivity contribution in [2.45, 2.75) is 53.4 Å². The zero-order valence-corrected chi connectivity index (χ0v) is 9.14. The molecule has 2 unspecified atom stereocenters. The van der Waals surface area contributed by atoms with Gasteiger partial charge in [-0.3, -0.25) is 0 Å². The lowest BCUT2D eigenvalue weighted by Gasteiger charge is -2.24. The van der Waals surface area contributed by atoms with Gasteiger partial charge >= 0.3 is 0 Å². The van der Waals surface area contributed by atoms with Gasteiger partial charge in [-0.05, 0) is 42.9 Å². The molecule has 0 heteroatoms. The molecule has 1 aliphatic carbocycles. The molecule has 1 saturated carbocycles. The normalized spacial score (nSPS) is 22.8. The largest absolute Gasteiger partial charge is 0.0651 e. The summed E-state index contributed by atoms with van der Waals surface area (Å²) in [7, 11) is 0. The molecule has 12 heavy (non-hydrogen) atoms. The number of rotatable bonds is 5. The molecule has 72 valence electrons. The third-order valence-corrected chi connectivity index (χ3v) is 3.41.